The topological polar surface area (TPSA) is 200 Å². The quantitative estimate of drug-likeness (QED) is 0.173. The molecule has 4 unspecified atom stereocenters. The Balaban J connectivity index is 2.61. The average Bonchev–Trinajstić information content (AvgIpc) is 3.20. The van der Waals surface area contributed by atoms with E-state index in [-0.39, 0.29) is 12.8 Å². The number of aliphatic hydroxyl groups excluding tert-OH is 1. The third kappa shape index (κ3) is 8.80. The van der Waals surface area contributed by atoms with Crippen molar-refractivity contribution in [2.45, 2.75) is 44.0 Å². The Morgan fingerprint density at radius 1 is 1.23 bits per heavy atom. The number of hydrogen-bond donors (Lipinski definition) is 7. The number of aromatic amines is 1. The second-order valence-corrected chi connectivity index (χ2v) is 7.55. The Labute approximate surface area is 177 Å². The Kier molecular flexibility index (Phi) is 10.9. The summed E-state index contributed by atoms with van der Waals surface area (Å²) in [5, 5.41) is 25.8. The molecule has 0 radical (unpaired) electrons. The normalized spacial score (nSPS) is 14.8. The standard InChI is InChI=1S/C17H28N6O6S/c1-9(24)14(18)16(27)23-11(3-4-30-2)15(26)20-7-13(25)22-12(17(28)29)5-10-6-19-8-21-10/h6,8-9,11-12,14,24H,3-5,7,18H2,1-2H3,(H,19,21)(H,20,26)(H,22,25)(H,23,27)(H,28,29). The Morgan fingerprint density at radius 2 is 1.93 bits per heavy atom. The predicted molar refractivity (Wildman–Crippen MR) is 109 cm³/mol. The van der Waals surface area contributed by atoms with E-state index < -0.39 is 54.5 Å². The molecule has 0 aliphatic carbocycles. The van der Waals surface area contributed by atoms with Gasteiger partial charge in [0.25, 0.3) is 0 Å². The van der Waals surface area contributed by atoms with E-state index in [1.54, 1.807) is 0 Å². The maximum Gasteiger partial charge on any atom is 0.326 e. The first-order chi connectivity index (χ1) is 14.1. The fourth-order valence-electron chi connectivity index (χ4n) is 2.34. The number of nitrogens with two attached hydrogens (primary N) is 1. The van der Waals surface area contributed by atoms with E-state index in [1.165, 1.54) is 31.2 Å². The van der Waals surface area contributed by atoms with Crippen LogP contribution < -0.4 is 21.7 Å². The number of amides is 3. The highest BCUT2D eigenvalue weighted by Gasteiger charge is 2.26. The summed E-state index contributed by atoms with van der Waals surface area (Å²) in [6.07, 6.45) is 3.85. The van der Waals surface area contributed by atoms with Crippen LogP contribution in [0.25, 0.3) is 0 Å². The monoisotopic (exact) mass is 444 g/mol. The van der Waals surface area contributed by atoms with Crippen molar-refractivity contribution < 1.29 is 29.4 Å². The van der Waals surface area contributed by atoms with Crippen LogP contribution in [-0.4, -0.2) is 86.7 Å². The molecule has 168 valence electrons. The van der Waals surface area contributed by atoms with Gasteiger partial charge in [-0.25, -0.2) is 9.78 Å². The molecule has 1 aromatic heterocycles. The molecule has 0 bridgehead atoms. The minimum Gasteiger partial charge on any atom is -0.480 e. The fourth-order valence-corrected chi connectivity index (χ4v) is 2.82. The number of aliphatic carboxylic acids is 1. The number of carbonyl (C=O) groups is 4. The first-order valence-electron chi connectivity index (χ1n) is 9.15. The summed E-state index contributed by atoms with van der Waals surface area (Å²) in [6, 6.07) is -3.36. The van der Waals surface area contributed by atoms with Gasteiger partial charge < -0.3 is 36.9 Å². The first-order valence-corrected chi connectivity index (χ1v) is 10.5. The van der Waals surface area contributed by atoms with Crippen LogP contribution in [0, 0.1) is 0 Å². The van der Waals surface area contributed by atoms with Crippen LogP contribution in [-0.2, 0) is 25.6 Å². The van der Waals surface area contributed by atoms with Gasteiger partial charge in [-0.05, 0) is 25.4 Å². The zero-order valence-corrected chi connectivity index (χ0v) is 17.6. The molecule has 0 spiro atoms. The molecule has 1 heterocycles. The lowest BCUT2D eigenvalue weighted by Crippen LogP contribution is -2.55. The SMILES string of the molecule is CSCCC(NC(=O)C(N)C(C)O)C(=O)NCC(=O)NC(Cc1cnc[nH]1)C(=O)O. The molecule has 13 heteroatoms. The zero-order chi connectivity index (χ0) is 22.7. The number of aliphatic hydroxyl groups is 1. The molecule has 3 amide bonds. The van der Waals surface area contributed by atoms with Gasteiger partial charge in [-0.3, -0.25) is 14.4 Å². The highest BCUT2D eigenvalue weighted by molar-refractivity contribution is 7.98. The summed E-state index contributed by atoms with van der Waals surface area (Å²) in [5.41, 5.74) is 6.10. The number of hydrogen-bond acceptors (Lipinski definition) is 8. The number of nitrogens with zero attached hydrogens (tertiary/aromatic N) is 1. The molecule has 0 fully saturated rings. The molecule has 4 atom stereocenters. The van der Waals surface area contributed by atoms with Gasteiger partial charge in [0.15, 0.2) is 0 Å². The van der Waals surface area contributed by atoms with E-state index in [4.69, 9.17) is 5.73 Å². The van der Waals surface area contributed by atoms with E-state index in [0.717, 1.165) is 0 Å². The molecule has 30 heavy (non-hydrogen) atoms. The van der Waals surface area contributed by atoms with Crippen LogP contribution in [0.2, 0.25) is 0 Å². The van der Waals surface area contributed by atoms with Gasteiger partial charge in [0.2, 0.25) is 17.7 Å². The van der Waals surface area contributed by atoms with Crippen molar-refractivity contribution in [3.8, 4) is 0 Å². The summed E-state index contributed by atoms with van der Waals surface area (Å²) in [6.45, 7) is 0.882. The number of thioether (sulfide) groups is 1. The number of imidazole rings is 1. The third-order valence-corrected chi connectivity index (χ3v) is 4.75. The van der Waals surface area contributed by atoms with Crippen molar-refractivity contribution in [3.63, 3.8) is 0 Å². The van der Waals surface area contributed by atoms with Crippen molar-refractivity contribution in [3.05, 3.63) is 18.2 Å². The van der Waals surface area contributed by atoms with Gasteiger partial charge in [-0.1, -0.05) is 0 Å². The minimum absolute atomic E-state index is 0.00133. The van der Waals surface area contributed by atoms with Crippen molar-refractivity contribution in [1.82, 2.24) is 25.9 Å². The fraction of sp³-hybridized carbons (Fsp3) is 0.588. The summed E-state index contributed by atoms with van der Waals surface area (Å²) in [7, 11) is 0. The Bertz CT molecular complexity index is 714. The second kappa shape index (κ2) is 12.8. The van der Waals surface area contributed by atoms with Gasteiger partial charge in [-0.2, -0.15) is 11.8 Å². The van der Waals surface area contributed by atoms with E-state index >= 15 is 0 Å². The van der Waals surface area contributed by atoms with Gasteiger partial charge in [0.05, 0.1) is 19.0 Å². The van der Waals surface area contributed by atoms with E-state index in [1.807, 2.05) is 6.26 Å². The number of carboxylic acid groups (broad SMARTS) is 1. The number of nitrogens with one attached hydrogen (secondary N) is 4. The number of H-pyrrole nitrogens is 1. The van der Waals surface area contributed by atoms with E-state index in [2.05, 4.69) is 25.9 Å². The highest BCUT2D eigenvalue weighted by atomic mass is 32.2. The van der Waals surface area contributed by atoms with Crippen molar-refractivity contribution in [1.29, 1.82) is 0 Å². The lowest BCUT2D eigenvalue weighted by Gasteiger charge is -2.21. The molecule has 8 N–H and O–H groups in total. The maximum absolute atomic E-state index is 12.4. The van der Waals surface area contributed by atoms with Crippen LogP contribution in [0.4, 0.5) is 0 Å². The van der Waals surface area contributed by atoms with Gasteiger partial charge in [-0.15, -0.1) is 0 Å². The van der Waals surface area contributed by atoms with Crippen LogP contribution in [0.5, 0.6) is 0 Å². The first kappa shape index (κ1) is 25.4. The highest BCUT2D eigenvalue weighted by Crippen LogP contribution is 2.03. The second-order valence-electron chi connectivity index (χ2n) is 6.57. The minimum atomic E-state index is -1.23. The summed E-state index contributed by atoms with van der Waals surface area (Å²) >= 11 is 1.46. The molecule has 0 aromatic carbocycles. The van der Waals surface area contributed by atoms with Gasteiger partial charge >= 0.3 is 5.97 Å². The summed E-state index contributed by atoms with van der Waals surface area (Å²) in [5.74, 6) is -2.70. The van der Waals surface area contributed by atoms with Crippen molar-refractivity contribution in [2.75, 3.05) is 18.6 Å². The molecule has 0 aliphatic rings. The summed E-state index contributed by atoms with van der Waals surface area (Å²) < 4.78 is 0. The van der Waals surface area contributed by atoms with Crippen molar-refractivity contribution >= 4 is 35.5 Å². The number of carbonyl (C=O) groups excluding carboxylic acids is 3. The molecule has 0 aliphatic heterocycles. The molecule has 1 aromatic rings. The van der Waals surface area contributed by atoms with Crippen LogP contribution >= 0.6 is 11.8 Å². The smallest absolute Gasteiger partial charge is 0.326 e. The van der Waals surface area contributed by atoms with Crippen LogP contribution in [0.3, 0.4) is 0 Å². The van der Waals surface area contributed by atoms with E-state index in [9.17, 15) is 29.4 Å². The maximum atomic E-state index is 12.4. The number of carboxylic acids is 1. The molecule has 12 nitrogen and oxygen atoms in total. The molecule has 1 rings (SSSR count). The Hall–Kier alpha value is -2.64. The number of rotatable bonds is 13. The van der Waals surface area contributed by atoms with Gasteiger partial charge in [0, 0.05) is 18.3 Å². The largest absolute Gasteiger partial charge is 0.480 e. The Morgan fingerprint density at radius 3 is 2.47 bits per heavy atom. The van der Waals surface area contributed by atoms with Crippen molar-refractivity contribution in [2.24, 2.45) is 5.73 Å². The average molecular weight is 445 g/mol. The van der Waals surface area contributed by atoms with Gasteiger partial charge in [0.1, 0.15) is 18.1 Å². The lowest BCUT2D eigenvalue weighted by atomic mass is 10.1. The predicted octanol–water partition coefficient (Wildman–Crippen LogP) is -2.42. The molecule has 0 saturated carbocycles. The molecular weight excluding hydrogens is 416 g/mol. The van der Waals surface area contributed by atoms with Crippen LogP contribution in [0.1, 0.15) is 19.0 Å². The zero-order valence-electron chi connectivity index (χ0n) is 16.8. The molecular formula is C17H28N6O6S. The lowest BCUT2D eigenvalue weighted by molar-refractivity contribution is -0.141. The number of aromatic nitrogens is 2. The van der Waals surface area contributed by atoms with E-state index in [0.29, 0.717) is 11.4 Å². The summed E-state index contributed by atoms with van der Waals surface area (Å²) in [4.78, 5) is 54.4. The molecule has 0 saturated heterocycles. The van der Waals surface area contributed by atoms with Crippen LogP contribution in [0.15, 0.2) is 12.5 Å². The third-order valence-electron chi connectivity index (χ3n) is 4.10.